The summed E-state index contributed by atoms with van der Waals surface area (Å²) in [7, 11) is 3.33. The Kier molecular flexibility index (Phi) is 7.76. The number of allylic oxidation sites excluding steroid dienone is 1. The van der Waals surface area contributed by atoms with Crippen molar-refractivity contribution in [2.24, 2.45) is 0 Å². The molecule has 1 atom stereocenters. The zero-order valence-electron chi connectivity index (χ0n) is 9.80. The summed E-state index contributed by atoms with van der Waals surface area (Å²) in [5.41, 5.74) is 1.19. The lowest BCUT2D eigenvalue weighted by Crippen LogP contribution is -2.41. The topological polar surface area (TPSA) is 30.5 Å². The van der Waals surface area contributed by atoms with Crippen LogP contribution in [0.3, 0.4) is 0 Å². The molecule has 0 spiro atoms. The summed E-state index contributed by atoms with van der Waals surface area (Å²) in [5, 5.41) is 3.35. The Hall–Kier alpha value is -0.380. The Labute approximate surface area is 87.5 Å². The molecule has 0 fully saturated rings. The van der Waals surface area contributed by atoms with Gasteiger partial charge in [-0.25, -0.2) is 0 Å². The lowest BCUT2D eigenvalue weighted by atomic mass is 10.1. The van der Waals surface area contributed by atoms with E-state index in [9.17, 15) is 0 Å². The largest absolute Gasteiger partial charge is 0.354 e. The van der Waals surface area contributed by atoms with E-state index in [1.165, 1.54) is 5.57 Å². The highest BCUT2D eigenvalue weighted by Gasteiger charge is 2.19. The fourth-order valence-corrected chi connectivity index (χ4v) is 1.42. The van der Waals surface area contributed by atoms with Crippen LogP contribution < -0.4 is 5.32 Å². The predicted octanol–water partition coefficient (Wildman–Crippen LogP) is 1.94. The van der Waals surface area contributed by atoms with Crippen LogP contribution in [0.4, 0.5) is 0 Å². The molecule has 0 rings (SSSR count). The average Bonchev–Trinajstić information content (AvgIpc) is 2.15. The first kappa shape index (κ1) is 13.6. The van der Waals surface area contributed by atoms with Crippen molar-refractivity contribution in [3.05, 3.63) is 12.2 Å². The Bertz CT molecular complexity index is 155. The van der Waals surface area contributed by atoms with E-state index in [1.807, 2.05) is 6.92 Å². The monoisotopic (exact) mass is 201 g/mol. The molecule has 14 heavy (non-hydrogen) atoms. The minimum atomic E-state index is -0.172. The van der Waals surface area contributed by atoms with Crippen molar-refractivity contribution in [3.63, 3.8) is 0 Å². The van der Waals surface area contributed by atoms with E-state index in [1.54, 1.807) is 14.2 Å². The predicted molar refractivity (Wildman–Crippen MR) is 59.3 cm³/mol. The van der Waals surface area contributed by atoms with Crippen LogP contribution in [-0.2, 0) is 9.47 Å². The second-order valence-corrected chi connectivity index (χ2v) is 3.50. The molecule has 1 unspecified atom stereocenters. The number of hydrogen-bond acceptors (Lipinski definition) is 3. The maximum absolute atomic E-state index is 5.23. The molecule has 0 aromatic heterocycles. The van der Waals surface area contributed by atoms with Gasteiger partial charge in [-0.1, -0.05) is 12.5 Å². The van der Waals surface area contributed by atoms with E-state index in [4.69, 9.17) is 9.47 Å². The normalized spacial score (nSPS) is 13.2. The number of methoxy groups -OCH3 is 2. The quantitative estimate of drug-likeness (QED) is 0.481. The standard InChI is InChI=1S/C11H23NO2/c1-6-12-10(8-7-9(2)3)11(13-4)14-5/h10-12H,2,6-8H2,1,3-5H3. The molecule has 0 heterocycles. The van der Waals surface area contributed by atoms with Crippen LogP contribution in [0.15, 0.2) is 12.2 Å². The molecule has 0 radical (unpaired) electrons. The minimum Gasteiger partial charge on any atom is -0.354 e. The summed E-state index contributed by atoms with van der Waals surface area (Å²) in [6.45, 7) is 8.93. The van der Waals surface area contributed by atoms with Crippen molar-refractivity contribution in [1.29, 1.82) is 0 Å². The van der Waals surface area contributed by atoms with Gasteiger partial charge in [0, 0.05) is 14.2 Å². The maximum Gasteiger partial charge on any atom is 0.171 e. The molecule has 0 saturated carbocycles. The van der Waals surface area contributed by atoms with Gasteiger partial charge in [-0.05, 0) is 26.3 Å². The molecule has 0 bridgehead atoms. The van der Waals surface area contributed by atoms with Gasteiger partial charge in [0.15, 0.2) is 6.29 Å². The minimum absolute atomic E-state index is 0.172. The fourth-order valence-electron chi connectivity index (χ4n) is 1.42. The van der Waals surface area contributed by atoms with Gasteiger partial charge in [-0.2, -0.15) is 0 Å². The molecule has 0 aliphatic carbocycles. The SMILES string of the molecule is C=C(C)CCC(NCC)C(OC)OC. The van der Waals surface area contributed by atoms with Crippen molar-refractivity contribution in [1.82, 2.24) is 5.32 Å². The van der Waals surface area contributed by atoms with E-state index in [0.717, 1.165) is 19.4 Å². The summed E-state index contributed by atoms with van der Waals surface area (Å²) in [5.74, 6) is 0. The van der Waals surface area contributed by atoms with Crippen LogP contribution in [0.2, 0.25) is 0 Å². The van der Waals surface area contributed by atoms with Gasteiger partial charge >= 0.3 is 0 Å². The summed E-state index contributed by atoms with van der Waals surface area (Å²) in [4.78, 5) is 0. The zero-order valence-corrected chi connectivity index (χ0v) is 9.80. The second kappa shape index (κ2) is 7.97. The van der Waals surface area contributed by atoms with Crippen molar-refractivity contribution in [2.45, 2.75) is 39.0 Å². The Morgan fingerprint density at radius 1 is 1.36 bits per heavy atom. The first-order chi connectivity index (χ1) is 6.65. The summed E-state index contributed by atoms with van der Waals surface area (Å²) < 4.78 is 10.5. The maximum atomic E-state index is 5.23. The van der Waals surface area contributed by atoms with E-state index >= 15 is 0 Å². The van der Waals surface area contributed by atoms with E-state index in [2.05, 4.69) is 18.8 Å². The summed E-state index contributed by atoms with van der Waals surface area (Å²) in [6.07, 6.45) is 1.82. The van der Waals surface area contributed by atoms with Crippen LogP contribution in [0.25, 0.3) is 0 Å². The molecule has 3 heteroatoms. The number of ether oxygens (including phenoxy) is 2. The van der Waals surface area contributed by atoms with Gasteiger partial charge in [-0.15, -0.1) is 6.58 Å². The Balaban J connectivity index is 4.04. The molecule has 3 nitrogen and oxygen atoms in total. The second-order valence-electron chi connectivity index (χ2n) is 3.50. The highest BCUT2D eigenvalue weighted by Crippen LogP contribution is 2.10. The third-order valence-electron chi connectivity index (χ3n) is 2.14. The van der Waals surface area contributed by atoms with Gasteiger partial charge in [-0.3, -0.25) is 0 Å². The lowest BCUT2D eigenvalue weighted by Gasteiger charge is -2.25. The van der Waals surface area contributed by atoms with Gasteiger partial charge in [0.2, 0.25) is 0 Å². The summed E-state index contributed by atoms with van der Waals surface area (Å²) >= 11 is 0. The Morgan fingerprint density at radius 2 is 1.93 bits per heavy atom. The molecule has 1 N–H and O–H groups in total. The summed E-state index contributed by atoms with van der Waals surface area (Å²) in [6, 6.07) is 0.242. The third kappa shape index (κ3) is 5.37. The van der Waals surface area contributed by atoms with Gasteiger partial charge in [0.05, 0.1) is 6.04 Å². The molecule has 0 aromatic carbocycles. The smallest absolute Gasteiger partial charge is 0.171 e. The van der Waals surface area contributed by atoms with Gasteiger partial charge < -0.3 is 14.8 Å². The fraction of sp³-hybridized carbons (Fsp3) is 0.818. The van der Waals surface area contributed by atoms with E-state index < -0.39 is 0 Å². The first-order valence-electron chi connectivity index (χ1n) is 5.09. The molecule has 0 amide bonds. The van der Waals surface area contributed by atoms with Crippen LogP contribution in [0, 0.1) is 0 Å². The number of likely N-dealkylation sites (N-methyl/N-ethyl adjacent to an activating group) is 1. The molecule has 0 aliphatic heterocycles. The first-order valence-corrected chi connectivity index (χ1v) is 5.09. The van der Waals surface area contributed by atoms with E-state index in [-0.39, 0.29) is 12.3 Å². The molecular weight excluding hydrogens is 178 g/mol. The number of rotatable bonds is 8. The molecule has 84 valence electrons. The zero-order chi connectivity index (χ0) is 11.0. The lowest BCUT2D eigenvalue weighted by molar-refractivity contribution is -0.123. The van der Waals surface area contributed by atoms with Crippen LogP contribution in [-0.4, -0.2) is 33.1 Å². The van der Waals surface area contributed by atoms with Gasteiger partial charge in [0.1, 0.15) is 0 Å². The van der Waals surface area contributed by atoms with Gasteiger partial charge in [0.25, 0.3) is 0 Å². The highest BCUT2D eigenvalue weighted by atomic mass is 16.7. The van der Waals surface area contributed by atoms with Crippen LogP contribution >= 0.6 is 0 Å². The molecule has 0 saturated heterocycles. The molecule has 0 aliphatic rings. The van der Waals surface area contributed by atoms with Crippen molar-refractivity contribution < 1.29 is 9.47 Å². The number of hydrogen-bond donors (Lipinski definition) is 1. The van der Waals surface area contributed by atoms with Crippen molar-refractivity contribution in [2.75, 3.05) is 20.8 Å². The third-order valence-corrected chi connectivity index (χ3v) is 2.14. The average molecular weight is 201 g/mol. The van der Waals surface area contributed by atoms with Crippen LogP contribution in [0.5, 0.6) is 0 Å². The Morgan fingerprint density at radius 3 is 2.29 bits per heavy atom. The number of nitrogens with one attached hydrogen (secondary N) is 1. The van der Waals surface area contributed by atoms with Crippen LogP contribution in [0.1, 0.15) is 26.7 Å². The molecular formula is C11H23NO2. The van der Waals surface area contributed by atoms with Crippen molar-refractivity contribution in [3.8, 4) is 0 Å². The highest BCUT2D eigenvalue weighted by molar-refractivity contribution is 4.89. The van der Waals surface area contributed by atoms with E-state index in [0.29, 0.717) is 0 Å². The molecule has 0 aromatic rings. The van der Waals surface area contributed by atoms with Crippen molar-refractivity contribution >= 4 is 0 Å².